The van der Waals surface area contributed by atoms with Crippen LogP contribution in [0, 0.1) is 3.57 Å². The molecule has 2 aromatic rings. The number of cyclic esters (lactones) is 1. The summed E-state index contributed by atoms with van der Waals surface area (Å²) in [5.74, 6) is -0.476. The van der Waals surface area contributed by atoms with E-state index >= 15 is 0 Å². The quantitative estimate of drug-likeness (QED) is 0.274. The first-order chi connectivity index (χ1) is 12.9. The highest BCUT2D eigenvalue weighted by atomic mass is 127. The zero-order valence-electron chi connectivity index (χ0n) is 14.3. The summed E-state index contributed by atoms with van der Waals surface area (Å²) in [6.07, 6.45) is 1.52. The number of nitrogens with zero attached hydrogens (tertiary/aromatic N) is 1. The van der Waals surface area contributed by atoms with Gasteiger partial charge in [-0.1, -0.05) is 11.6 Å². The van der Waals surface area contributed by atoms with Gasteiger partial charge in [-0.05, 0) is 70.6 Å². The van der Waals surface area contributed by atoms with E-state index in [-0.39, 0.29) is 28.1 Å². The monoisotopic (exact) mass is 497 g/mol. The third kappa shape index (κ3) is 4.48. The largest absolute Gasteiger partial charge is 0.493 e. The summed E-state index contributed by atoms with van der Waals surface area (Å²) in [6.45, 7) is 1.26. The van der Waals surface area contributed by atoms with Crippen molar-refractivity contribution in [2.75, 3.05) is 7.11 Å². The molecule has 0 unspecified atom stereocenters. The minimum Gasteiger partial charge on any atom is -0.493 e. The number of halogens is 2. The molecule has 0 saturated carbocycles. The molecule has 0 radical (unpaired) electrons. The van der Waals surface area contributed by atoms with Crippen molar-refractivity contribution in [2.45, 2.75) is 6.92 Å². The lowest BCUT2D eigenvalue weighted by Crippen LogP contribution is -2.05. The first kappa shape index (κ1) is 19.4. The highest BCUT2D eigenvalue weighted by Crippen LogP contribution is 2.37. The topological polar surface area (TPSA) is 74.2 Å². The summed E-state index contributed by atoms with van der Waals surface area (Å²) in [6, 6.07) is 10.6. The number of esters is 2. The van der Waals surface area contributed by atoms with E-state index in [4.69, 9.17) is 25.8 Å². The number of carbonyl (C=O) groups excluding carboxylic acids is 2. The van der Waals surface area contributed by atoms with Crippen LogP contribution < -0.4 is 9.47 Å². The van der Waals surface area contributed by atoms with Crippen molar-refractivity contribution in [3.63, 3.8) is 0 Å². The first-order valence-corrected chi connectivity index (χ1v) is 9.17. The lowest BCUT2D eigenvalue weighted by Gasteiger charge is -2.10. The second-order valence-electron chi connectivity index (χ2n) is 5.47. The summed E-state index contributed by atoms with van der Waals surface area (Å²) in [7, 11) is 1.42. The van der Waals surface area contributed by atoms with Gasteiger partial charge < -0.3 is 14.2 Å². The van der Waals surface area contributed by atoms with Crippen LogP contribution in [-0.4, -0.2) is 24.9 Å². The van der Waals surface area contributed by atoms with Gasteiger partial charge in [0.2, 0.25) is 5.90 Å². The van der Waals surface area contributed by atoms with E-state index in [9.17, 15) is 9.59 Å². The molecule has 0 atom stereocenters. The Kier molecular flexibility index (Phi) is 5.81. The van der Waals surface area contributed by atoms with Crippen molar-refractivity contribution in [1.82, 2.24) is 0 Å². The van der Waals surface area contributed by atoms with Crippen molar-refractivity contribution in [3.8, 4) is 11.5 Å². The summed E-state index contributed by atoms with van der Waals surface area (Å²) in [4.78, 5) is 27.6. The van der Waals surface area contributed by atoms with Crippen molar-refractivity contribution in [2.24, 2.45) is 4.99 Å². The third-order valence-corrected chi connectivity index (χ3v) is 4.51. The molecule has 0 saturated heterocycles. The molecule has 8 heteroatoms. The number of methoxy groups -OCH3 is 1. The maximum Gasteiger partial charge on any atom is 0.363 e. The molecule has 0 spiro atoms. The molecule has 0 aromatic heterocycles. The van der Waals surface area contributed by atoms with Crippen molar-refractivity contribution >= 4 is 58.1 Å². The Labute approximate surface area is 173 Å². The van der Waals surface area contributed by atoms with Gasteiger partial charge >= 0.3 is 11.9 Å². The number of rotatable bonds is 4. The molecular weight excluding hydrogens is 485 g/mol. The molecule has 0 amide bonds. The molecule has 1 heterocycles. The normalized spacial score (nSPS) is 14.7. The van der Waals surface area contributed by atoms with E-state index in [1.807, 2.05) is 24.3 Å². The van der Waals surface area contributed by atoms with Gasteiger partial charge in [-0.2, -0.15) is 0 Å². The SMILES string of the molecule is COc1cc(C=C2N=C(c3ccc(I)cc3)OC2=O)cc(Cl)c1OC(C)=O. The van der Waals surface area contributed by atoms with Gasteiger partial charge in [-0.25, -0.2) is 9.79 Å². The van der Waals surface area contributed by atoms with Crippen LogP contribution in [0.5, 0.6) is 11.5 Å². The summed E-state index contributed by atoms with van der Waals surface area (Å²) >= 11 is 8.37. The summed E-state index contributed by atoms with van der Waals surface area (Å²) < 4.78 is 16.6. The number of ether oxygens (including phenoxy) is 3. The molecule has 0 bridgehead atoms. The van der Waals surface area contributed by atoms with Gasteiger partial charge in [-0.15, -0.1) is 0 Å². The minimum atomic E-state index is -0.567. The highest BCUT2D eigenvalue weighted by molar-refractivity contribution is 14.1. The minimum absolute atomic E-state index is 0.117. The molecule has 138 valence electrons. The smallest absolute Gasteiger partial charge is 0.363 e. The van der Waals surface area contributed by atoms with Gasteiger partial charge in [0.15, 0.2) is 17.2 Å². The molecule has 3 rings (SSSR count). The molecular formula is C19H13ClINO5. The predicted octanol–water partition coefficient (Wildman–Crippen LogP) is 4.22. The average molecular weight is 498 g/mol. The zero-order chi connectivity index (χ0) is 19.6. The lowest BCUT2D eigenvalue weighted by atomic mass is 10.1. The van der Waals surface area contributed by atoms with Crippen LogP contribution in [0.1, 0.15) is 18.1 Å². The van der Waals surface area contributed by atoms with Gasteiger partial charge in [0.25, 0.3) is 0 Å². The maximum atomic E-state index is 12.1. The van der Waals surface area contributed by atoms with Crippen LogP contribution in [-0.2, 0) is 14.3 Å². The van der Waals surface area contributed by atoms with Crippen LogP contribution in [0.2, 0.25) is 5.02 Å². The molecule has 0 fully saturated rings. The van der Waals surface area contributed by atoms with E-state index in [0.717, 1.165) is 3.57 Å². The van der Waals surface area contributed by atoms with Crippen molar-refractivity contribution in [3.05, 3.63) is 61.8 Å². The van der Waals surface area contributed by atoms with E-state index in [2.05, 4.69) is 27.6 Å². The predicted molar refractivity (Wildman–Crippen MR) is 109 cm³/mol. The van der Waals surface area contributed by atoms with E-state index < -0.39 is 11.9 Å². The van der Waals surface area contributed by atoms with Gasteiger partial charge in [-0.3, -0.25) is 4.79 Å². The second-order valence-corrected chi connectivity index (χ2v) is 7.12. The standard InChI is InChI=1S/C19H13ClINO5/c1-10(23)26-17-14(20)7-11(9-16(17)25-2)8-15-19(24)27-18(22-15)12-3-5-13(21)6-4-12/h3-9H,1-2H3. The fourth-order valence-electron chi connectivity index (χ4n) is 2.35. The molecule has 0 N–H and O–H groups in total. The van der Waals surface area contributed by atoms with Crippen LogP contribution in [0.4, 0.5) is 0 Å². The molecule has 1 aliphatic rings. The Morgan fingerprint density at radius 2 is 1.96 bits per heavy atom. The Morgan fingerprint density at radius 3 is 2.59 bits per heavy atom. The van der Waals surface area contributed by atoms with Crippen LogP contribution in [0.15, 0.2) is 47.1 Å². The van der Waals surface area contributed by atoms with E-state index in [0.29, 0.717) is 11.1 Å². The van der Waals surface area contributed by atoms with Crippen LogP contribution in [0.3, 0.4) is 0 Å². The van der Waals surface area contributed by atoms with Crippen LogP contribution >= 0.6 is 34.2 Å². The number of aliphatic imine (C=N–C) groups is 1. The summed E-state index contributed by atoms with van der Waals surface area (Å²) in [5, 5.41) is 0.171. The van der Waals surface area contributed by atoms with Gasteiger partial charge in [0.1, 0.15) is 0 Å². The van der Waals surface area contributed by atoms with Gasteiger partial charge in [0.05, 0.1) is 12.1 Å². The molecule has 1 aliphatic heterocycles. The third-order valence-electron chi connectivity index (χ3n) is 3.51. The Morgan fingerprint density at radius 1 is 1.26 bits per heavy atom. The highest BCUT2D eigenvalue weighted by Gasteiger charge is 2.24. The molecule has 0 aliphatic carbocycles. The molecule has 2 aromatic carbocycles. The Hall–Kier alpha value is -2.39. The number of hydrogen-bond donors (Lipinski definition) is 0. The zero-order valence-corrected chi connectivity index (χ0v) is 17.2. The Balaban J connectivity index is 1.96. The van der Waals surface area contributed by atoms with E-state index in [1.165, 1.54) is 20.1 Å². The van der Waals surface area contributed by atoms with Crippen molar-refractivity contribution < 1.29 is 23.8 Å². The second kappa shape index (κ2) is 8.10. The fourth-order valence-corrected chi connectivity index (χ4v) is 2.97. The number of carbonyl (C=O) groups is 2. The first-order valence-electron chi connectivity index (χ1n) is 7.72. The Bertz CT molecular complexity index is 982. The molecule has 27 heavy (non-hydrogen) atoms. The fraction of sp³-hybridized carbons (Fsp3) is 0.105. The van der Waals surface area contributed by atoms with Crippen LogP contribution in [0.25, 0.3) is 6.08 Å². The van der Waals surface area contributed by atoms with E-state index in [1.54, 1.807) is 12.1 Å². The van der Waals surface area contributed by atoms with Crippen molar-refractivity contribution in [1.29, 1.82) is 0 Å². The molecule has 6 nitrogen and oxygen atoms in total. The van der Waals surface area contributed by atoms with Gasteiger partial charge in [0, 0.05) is 16.1 Å². The number of benzene rings is 2. The summed E-state index contributed by atoms with van der Waals surface area (Å²) in [5.41, 5.74) is 1.38. The number of hydrogen-bond acceptors (Lipinski definition) is 6. The maximum absolute atomic E-state index is 12.1. The lowest BCUT2D eigenvalue weighted by molar-refractivity contribution is -0.132. The average Bonchev–Trinajstić information content (AvgIpc) is 2.98.